The van der Waals surface area contributed by atoms with Crippen molar-refractivity contribution >= 4 is 17.7 Å². The van der Waals surface area contributed by atoms with Gasteiger partial charge >= 0.3 is 6.09 Å². The lowest BCUT2D eigenvalue weighted by molar-refractivity contribution is 0.0118. The molecule has 0 radical (unpaired) electrons. The molecule has 1 fully saturated rings. The van der Waals surface area contributed by atoms with Crippen LogP contribution in [-0.2, 0) is 4.74 Å². The van der Waals surface area contributed by atoms with Crippen LogP contribution in [0.2, 0.25) is 5.02 Å². The van der Waals surface area contributed by atoms with Crippen molar-refractivity contribution in [3.8, 4) is 5.75 Å². The molecule has 0 aliphatic carbocycles. The molecule has 122 valence electrons. The van der Waals surface area contributed by atoms with Crippen LogP contribution in [0.4, 0.5) is 4.79 Å². The molecule has 1 heterocycles. The Balaban J connectivity index is 2.22. The standard InChI is InChI=1S/C16H23ClN2O3/c1-16(2,3)22-15(20)19-8-7-18-10-13(19)11-5-6-14(21-4)12(17)9-11/h5-6,9,13,18H,7-8,10H2,1-4H3. The van der Waals surface area contributed by atoms with E-state index in [0.717, 1.165) is 12.1 Å². The van der Waals surface area contributed by atoms with Gasteiger partial charge in [-0.15, -0.1) is 0 Å². The fraction of sp³-hybridized carbons (Fsp3) is 0.562. The smallest absolute Gasteiger partial charge is 0.410 e. The van der Waals surface area contributed by atoms with Gasteiger partial charge in [0.05, 0.1) is 18.2 Å². The normalized spacial score (nSPS) is 19.0. The number of nitrogens with one attached hydrogen (secondary N) is 1. The van der Waals surface area contributed by atoms with Gasteiger partial charge in [-0.2, -0.15) is 0 Å². The molecule has 0 aromatic heterocycles. The minimum absolute atomic E-state index is 0.105. The molecule has 1 saturated heterocycles. The van der Waals surface area contributed by atoms with Crippen LogP contribution in [0, 0.1) is 0 Å². The number of halogens is 1. The van der Waals surface area contributed by atoms with E-state index in [1.165, 1.54) is 0 Å². The first-order valence-electron chi connectivity index (χ1n) is 7.35. The lowest BCUT2D eigenvalue weighted by Crippen LogP contribution is -2.50. The maximum Gasteiger partial charge on any atom is 0.410 e. The summed E-state index contributed by atoms with van der Waals surface area (Å²) in [5.41, 5.74) is 0.452. The third-order valence-electron chi connectivity index (χ3n) is 3.43. The molecule has 0 spiro atoms. The maximum atomic E-state index is 12.4. The van der Waals surface area contributed by atoms with Crippen molar-refractivity contribution in [3.63, 3.8) is 0 Å². The highest BCUT2D eigenvalue weighted by Gasteiger charge is 2.31. The van der Waals surface area contributed by atoms with Crippen molar-refractivity contribution in [2.24, 2.45) is 0 Å². The van der Waals surface area contributed by atoms with Gasteiger partial charge in [-0.3, -0.25) is 4.90 Å². The molecule has 5 nitrogen and oxygen atoms in total. The summed E-state index contributed by atoms with van der Waals surface area (Å²) in [5, 5.41) is 3.84. The van der Waals surface area contributed by atoms with Crippen LogP contribution in [0.3, 0.4) is 0 Å². The van der Waals surface area contributed by atoms with Crippen molar-refractivity contribution in [2.45, 2.75) is 32.4 Å². The summed E-state index contributed by atoms with van der Waals surface area (Å²) in [6.07, 6.45) is -0.300. The summed E-state index contributed by atoms with van der Waals surface area (Å²) >= 11 is 6.20. The second-order valence-corrected chi connectivity index (χ2v) is 6.69. The quantitative estimate of drug-likeness (QED) is 0.906. The Morgan fingerprint density at radius 3 is 2.73 bits per heavy atom. The number of ether oxygens (including phenoxy) is 2. The fourth-order valence-corrected chi connectivity index (χ4v) is 2.70. The summed E-state index contributed by atoms with van der Waals surface area (Å²) in [6.45, 7) is 7.62. The Hall–Kier alpha value is -1.46. The van der Waals surface area contributed by atoms with Crippen LogP contribution < -0.4 is 10.1 Å². The molecular weight excluding hydrogens is 304 g/mol. The molecule has 1 N–H and O–H groups in total. The van der Waals surface area contributed by atoms with E-state index in [4.69, 9.17) is 21.1 Å². The Labute approximate surface area is 136 Å². The van der Waals surface area contributed by atoms with E-state index in [1.54, 1.807) is 12.0 Å². The molecule has 0 saturated carbocycles. The number of hydrogen-bond donors (Lipinski definition) is 1. The Morgan fingerprint density at radius 2 is 2.14 bits per heavy atom. The monoisotopic (exact) mass is 326 g/mol. The first-order chi connectivity index (χ1) is 10.3. The third-order valence-corrected chi connectivity index (χ3v) is 3.73. The van der Waals surface area contributed by atoms with Gasteiger partial charge in [0.25, 0.3) is 0 Å². The number of methoxy groups -OCH3 is 1. The summed E-state index contributed by atoms with van der Waals surface area (Å²) in [6, 6.07) is 5.49. The van der Waals surface area contributed by atoms with E-state index in [9.17, 15) is 4.79 Å². The number of carbonyl (C=O) groups is 1. The molecule has 1 atom stereocenters. The van der Waals surface area contributed by atoms with E-state index in [0.29, 0.717) is 23.9 Å². The lowest BCUT2D eigenvalue weighted by atomic mass is 10.0. The summed E-state index contributed by atoms with van der Waals surface area (Å²) in [5.74, 6) is 0.623. The zero-order valence-electron chi connectivity index (χ0n) is 13.5. The van der Waals surface area contributed by atoms with Gasteiger partial charge in [-0.25, -0.2) is 4.79 Å². The number of hydrogen-bond acceptors (Lipinski definition) is 4. The van der Waals surface area contributed by atoms with E-state index in [1.807, 2.05) is 39.0 Å². The summed E-state index contributed by atoms with van der Waals surface area (Å²) < 4.78 is 10.7. The predicted octanol–water partition coefficient (Wildman–Crippen LogP) is 3.23. The molecule has 1 aromatic rings. The zero-order valence-corrected chi connectivity index (χ0v) is 14.2. The summed E-state index contributed by atoms with van der Waals surface area (Å²) in [7, 11) is 1.58. The van der Waals surface area contributed by atoms with Crippen molar-refractivity contribution in [2.75, 3.05) is 26.7 Å². The highest BCUT2D eigenvalue weighted by Crippen LogP contribution is 2.31. The zero-order chi connectivity index (χ0) is 16.3. The van der Waals surface area contributed by atoms with Gasteiger partial charge < -0.3 is 14.8 Å². The van der Waals surface area contributed by atoms with Gasteiger partial charge in [-0.05, 0) is 38.5 Å². The molecule has 1 amide bonds. The van der Waals surface area contributed by atoms with Gasteiger partial charge in [0.1, 0.15) is 11.4 Å². The first kappa shape index (κ1) is 16.9. The van der Waals surface area contributed by atoms with Crippen molar-refractivity contribution in [1.82, 2.24) is 10.2 Å². The Bertz CT molecular complexity index is 543. The number of benzene rings is 1. The van der Waals surface area contributed by atoms with Crippen molar-refractivity contribution < 1.29 is 14.3 Å². The lowest BCUT2D eigenvalue weighted by Gasteiger charge is -2.37. The number of rotatable bonds is 2. The van der Waals surface area contributed by atoms with Crippen molar-refractivity contribution in [1.29, 1.82) is 0 Å². The van der Waals surface area contributed by atoms with E-state index in [-0.39, 0.29) is 12.1 Å². The van der Waals surface area contributed by atoms with Crippen LogP contribution >= 0.6 is 11.6 Å². The molecule has 22 heavy (non-hydrogen) atoms. The van der Waals surface area contributed by atoms with Gasteiger partial charge in [0, 0.05) is 19.6 Å². The minimum atomic E-state index is -0.510. The molecule has 6 heteroatoms. The van der Waals surface area contributed by atoms with Crippen LogP contribution in [0.25, 0.3) is 0 Å². The highest BCUT2D eigenvalue weighted by molar-refractivity contribution is 6.32. The predicted molar refractivity (Wildman–Crippen MR) is 86.6 cm³/mol. The highest BCUT2D eigenvalue weighted by atomic mass is 35.5. The second-order valence-electron chi connectivity index (χ2n) is 6.29. The average Bonchev–Trinajstić information content (AvgIpc) is 2.45. The van der Waals surface area contributed by atoms with Crippen molar-refractivity contribution in [3.05, 3.63) is 28.8 Å². The molecule has 1 unspecified atom stereocenters. The molecular formula is C16H23ClN2O3. The SMILES string of the molecule is COc1ccc(C2CNCCN2C(=O)OC(C)(C)C)cc1Cl. The van der Waals surface area contributed by atoms with Gasteiger partial charge in [0.15, 0.2) is 0 Å². The molecule has 0 bridgehead atoms. The Kier molecular flexibility index (Phi) is 5.19. The largest absolute Gasteiger partial charge is 0.495 e. The number of carbonyl (C=O) groups excluding carboxylic acids is 1. The van der Waals surface area contributed by atoms with Crippen LogP contribution in [0.5, 0.6) is 5.75 Å². The summed E-state index contributed by atoms with van der Waals surface area (Å²) in [4.78, 5) is 14.2. The van der Waals surface area contributed by atoms with E-state index >= 15 is 0 Å². The number of piperazine rings is 1. The number of nitrogens with zero attached hydrogens (tertiary/aromatic N) is 1. The molecule has 1 aliphatic heterocycles. The maximum absolute atomic E-state index is 12.4. The molecule has 1 aromatic carbocycles. The van der Waals surface area contributed by atoms with Crippen LogP contribution in [-0.4, -0.2) is 43.3 Å². The van der Waals surface area contributed by atoms with E-state index < -0.39 is 5.60 Å². The minimum Gasteiger partial charge on any atom is -0.495 e. The van der Waals surface area contributed by atoms with Gasteiger partial charge in [-0.1, -0.05) is 17.7 Å². The topological polar surface area (TPSA) is 50.8 Å². The molecule has 2 rings (SSSR count). The number of amides is 1. The van der Waals surface area contributed by atoms with Gasteiger partial charge in [0.2, 0.25) is 0 Å². The fourth-order valence-electron chi connectivity index (χ4n) is 2.43. The van der Waals surface area contributed by atoms with E-state index in [2.05, 4.69) is 5.32 Å². The Morgan fingerprint density at radius 1 is 1.41 bits per heavy atom. The second kappa shape index (κ2) is 6.75. The first-order valence-corrected chi connectivity index (χ1v) is 7.73. The van der Waals surface area contributed by atoms with Crippen LogP contribution in [0.1, 0.15) is 32.4 Å². The third kappa shape index (κ3) is 4.05. The average molecular weight is 327 g/mol. The molecule has 1 aliphatic rings. The van der Waals surface area contributed by atoms with Crippen LogP contribution in [0.15, 0.2) is 18.2 Å².